The van der Waals surface area contributed by atoms with Crippen molar-refractivity contribution in [3.8, 4) is 11.5 Å². The van der Waals surface area contributed by atoms with Crippen LogP contribution in [0.15, 0.2) is 29.6 Å². The van der Waals surface area contributed by atoms with Gasteiger partial charge in [0, 0.05) is 17.5 Å². The molecule has 3 nitrogen and oxygen atoms in total. The number of rotatable bonds is 7. The summed E-state index contributed by atoms with van der Waals surface area (Å²) in [5.74, 6) is 5.12. The molecule has 4 saturated carbocycles. The molecule has 0 aliphatic heterocycles. The highest BCUT2D eigenvalue weighted by Gasteiger charge is 2.47. The molecular formula is C23H29Cl2NO2S. The van der Waals surface area contributed by atoms with E-state index in [1.165, 1.54) is 42.5 Å². The van der Waals surface area contributed by atoms with Gasteiger partial charge in [0.05, 0.1) is 12.1 Å². The fourth-order valence-corrected chi connectivity index (χ4v) is 6.95. The van der Waals surface area contributed by atoms with E-state index >= 15 is 0 Å². The van der Waals surface area contributed by atoms with E-state index in [1.54, 1.807) is 18.4 Å². The maximum atomic E-state index is 6.57. The van der Waals surface area contributed by atoms with Gasteiger partial charge in [0.25, 0.3) is 0 Å². The Balaban J connectivity index is 0.00000205. The molecule has 1 heterocycles. The minimum absolute atomic E-state index is 0. The fourth-order valence-electron chi connectivity index (χ4n) is 6.05. The molecule has 1 aromatic heterocycles. The lowest BCUT2D eigenvalue weighted by atomic mass is 9.54. The number of nitrogens with one attached hydrogen (secondary N) is 1. The molecule has 0 atom stereocenters. The van der Waals surface area contributed by atoms with Gasteiger partial charge in [-0.15, -0.1) is 23.7 Å². The van der Waals surface area contributed by atoms with E-state index in [1.807, 2.05) is 12.1 Å². The van der Waals surface area contributed by atoms with Crippen LogP contribution in [0, 0.1) is 23.7 Å². The molecule has 1 aromatic carbocycles. The van der Waals surface area contributed by atoms with Gasteiger partial charge in [-0.25, -0.2) is 0 Å². The van der Waals surface area contributed by atoms with Crippen molar-refractivity contribution in [3.63, 3.8) is 0 Å². The summed E-state index contributed by atoms with van der Waals surface area (Å²) in [4.78, 5) is 1.17. The Kier molecular flexibility index (Phi) is 6.65. The number of benzene rings is 1. The van der Waals surface area contributed by atoms with Gasteiger partial charge in [-0.3, -0.25) is 0 Å². The molecule has 158 valence electrons. The van der Waals surface area contributed by atoms with Crippen molar-refractivity contribution in [1.82, 2.24) is 5.32 Å². The number of hydrogen-bond donors (Lipinski definition) is 1. The normalized spacial score (nSPS) is 29.5. The summed E-state index contributed by atoms with van der Waals surface area (Å²) in [5.41, 5.74) is 1.17. The second-order valence-electron chi connectivity index (χ2n) is 8.81. The standard InChI is InChI=1S/C23H28ClNO2S.ClH/c1-26-21-11-16(10-20(24)23(21)27-13-19-3-2-4-28-19)12-25-22-17-6-14-5-15(8-17)9-18(22)7-14;/h2-4,10-11,14-15,17-18,22,25H,5-9,12-13H2,1H3;1H. The Hall–Kier alpha value is -0.940. The minimum Gasteiger partial charge on any atom is -0.493 e. The van der Waals surface area contributed by atoms with Crippen molar-refractivity contribution in [2.24, 2.45) is 23.7 Å². The predicted molar refractivity (Wildman–Crippen MR) is 122 cm³/mol. The molecule has 0 saturated heterocycles. The summed E-state index contributed by atoms with van der Waals surface area (Å²) in [5, 5.41) is 6.55. The zero-order valence-corrected chi connectivity index (χ0v) is 19.1. The average Bonchev–Trinajstić information content (AvgIpc) is 3.19. The second-order valence-corrected chi connectivity index (χ2v) is 10.3. The van der Waals surface area contributed by atoms with Crippen LogP contribution in [0.3, 0.4) is 0 Å². The third-order valence-electron chi connectivity index (χ3n) is 7.00. The number of hydrogen-bond acceptors (Lipinski definition) is 4. The van der Waals surface area contributed by atoms with Crippen LogP contribution in [0.1, 0.15) is 42.5 Å². The Morgan fingerprint density at radius 3 is 2.45 bits per heavy atom. The van der Waals surface area contributed by atoms with Gasteiger partial charge in [0.1, 0.15) is 6.61 Å². The molecule has 0 radical (unpaired) electrons. The van der Waals surface area contributed by atoms with E-state index in [0.717, 1.165) is 30.2 Å². The van der Waals surface area contributed by atoms with Crippen LogP contribution in [0.25, 0.3) is 0 Å². The fraction of sp³-hybridized carbons (Fsp3) is 0.565. The molecule has 0 spiro atoms. The summed E-state index contributed by atoms with van der Waals surface area (Å²) in [6, 6.07) is 8.86. The van der Waals surface area contributed by atoms with Crippen molar-refractivity contribution < 1.29 is 9.47 Å². The summed E-state index contributed by atoms with van der Waals surface area (Å²) in [6.07, 6.45) is 7.24. The number of methoxy groups -OCH3 is 1. The Labute approximate surface area is 188 Å². The van der Waals surface area contributed by atoms with Crippen LogP contribution in [0.4, 0.5) is 0 Å². The summed E-state index contributed by atoms with van der Waals surface area (Å²) >= 11 is 8.25. The average molecular weight is 454 g/mol. The Bertz CT molecular complexity index is 799. The number of thiophene rings is 1. The maximum absolute atomic E-state index is 6.57. The molecule has 4 aliphatic rings. The Morgan fingerprint density at radius 2 is 1.83 bits per heavy atom. The van der Waals surface area contributed by atoms with Gasteiger partial charge in [-0.05, 0) is 84.9 Å². The third-order valence-corrected chi connectivity index (χ3v) is 8.13. The van der Waals surface area contributed by atoms with E-state index in [0.29, 0.717) is 29.2 Å². The molecular weight excluding hydrogens is 425 g/mol. The van der Waals surface area contributed by atoms with Crippen molar-refractivity contribution in [3.05, 3.63) is 45.1 Å². The van der Waals surface area contributed by atoms with Crippen LogP contribution in [-0.2, 0) is 13.2 Å². The molecule has 29 heavy (non-hydrogen) atoms. The highest BCUT2D eigenvalue weighted by atomic mass is 35.5. The van der Waals surface area contributed by atoms with Gasteiger partial charge in [0.2, 0.25) is 0 Å². The molecule has 4 aliphatic carbocycles. The van der Waals surface area contributed by atoms with Gasteiger partial charge >= 0.3 is 0 Å². The highest BCUT2D eigenvalue weighted by molar-refractivity contribution is 7.09. The van der Waals surface area contributed by atoms with Crippen molar-refractivity contribution >= 4 is 35.3 Å². The minimum atomic E-state index is 0. The molecule has 0 amide bonds. The second kappa shape index (κ2) is 9.05. The van der Waals surface area contributed by atoms with Crippen LogP contribution in [0.5, 0.6) is 11.5 Å². The van der Waals surface area contributed by atoms with Crippen molar-refractivity contribution in [1.29, 1.82) is 0 Å². The summed E-state index contributed by atoms with van der Waals surface area (Å²) < 4.78 is 11.6. The first-order chi connectivity index (χ1) is 13.7. The lowest BCUT2D eigenvalue weighted by Crippen LogP contribution is -2.54. The van der Waals surface area contributed by atoms with Gasteiger partial charge in [0.15, 0.2) is 11.5 Å². The van der Waals surface area contributed by atoms with E-state index in [-0.39, 0.29) is 12.4 Å². The van der Waals surface area contributed by atoms with Crippen LogP contribution in [-0.4, -0.2) is 13.2 Å². The molecule has 6 rings (SSSR count). The van der Waals surface area contributed by atoms with E-state index in [2.05, 4.69) is 22.8 Å². The van der Waals surface area contributed by atoms with Crippen molar-refractivity contribution in [2.45, 2.75) is 51.3 Å². The zero-order chi connectivity index (χ0) is 19.1. The molecule has 0 unspecified atom stereocenters. The van der Waals surface area contributed by atoms with E-state index < -0.39 is 0 Å². The number of ether oxygens (including phenoxy) is 2. The van der Waals surface area contributed by atoms with Crippen LogP contribution >= 0.6 is 35.3 Å². The quantitative estimate of drug-likeness (QED) is 0.531. The first kappa shape index (κ1) is 21.3. The number of halogens is 2. The molecule has 4 bridgehead atoms. The monoisotopic (exact) mass is 453 g/mol. The van der Waals surface area contributed by atoms with E-state index in [9.17, 15) is 0 Å². The van der Waals surface area contributed by atoms with E-state index in [4.69, 9.17) is 21.1 Å². The first-order valence-electron chi connectivity index (χ1n) is 10.4. The first-order valence-corrected chi connectivity index (χ1v) is 11.7. The van der Waals surface area contributed by atoms with Gasteiger partial charge in [-0.2, -0.15) is 0 Å². The maximum Gasteiger partial charge on any atom is 0.180 e. The van der Waals surface area contributed by atoms with Crippen LogP contribution in [0.2, 0.25) is 5.02 Å². The largest absolute Gasteiger partial charge is 0.493 e. The third kappa shape index (κ3) is 4.41. The smallest absolute Gasteiger partial charge is 0.180 e. The SMILES string of the molecule is COc1cc(CNC2C3CC4CC(C3)CC2C4)cc(Cl)c1OCc1cccs1.Cl. The molecule has 2 aromatic rings. The van der Waals surface area contributed by atoms with Gasteiger partial charge in [-0.1, -0.05) is 17.7 Å². The van der Waals surface area contributed by atoms with Gasteiger partial charge < -0.3 is 14.8 Å². The summed E-state index contributed by atoms with van der Waals surface area (Å²) in [7, 11) is 1.68. The lowest BCUT2D eigenvalue weighted by molar-refractivity contribution is -0.0142. The molecule has 4 fully saturated rings. The molecule has 1 N–H and O–H groups in total. The topological polar surface area (TPSA) is 30.5 Å². The molecule has 6 heteroatoms. The van der Waals surface area contributed by atoms with Crippen molar-refractivity contribution in [2.75, 3.05) is 7.11 Å². The predicted octanol–water partition coefficient (Wildman–Crippen LogP) is 6.33. The highest BCUT2D eigenvalue weighted by Crippen LogP contribution is 2.53. The van der Waals surface area contributed by atoms with Crippen LogP contribution < -0.4 is 14.8 Å². The summed E-state index contributed by atoms with van der Waals surface area (Å²) in [6.45, 7) is 1.35. The Morgan fingerprint density at radius 1 is 1.10 bits per heavy atom. The zero-order valence-electron chi connectivity index (χ0n) is 16.7. The lowest BCUT2D eigenvalue weighted by Gasteiger charge is -2.54.